The van der Waals surface area contributed by atoms with Crippen LogP contribution in [0.25, 0.3) is 0 Å². The molecule has 0 aliphatic rings. The number of carbonyl (C=O) groups excluding carboxylic acids is 1. The number of methoxy groups -OCH3 is 1. The molecule has 6 heteroatoms. The number of nitrogens with one attached hydrogen (secondary N) is 1. The molecular weight excluding hydrogens is 255 g/mol. The third-order valence-corrected chi connectivity index (χ3v) is 2.92. The molecule has 0 saturated carbocycles. The van der Waals surface area contributed by atoms with Crippen molar-refractivity contribution in [2.45, 2.75) is 6.54 Å². The Balaban J connectivity index is 1.98. The molecule has 0 aliphatic heterocycles. The lowest BCUT2D eigenvalue weighted by Crippen LogP contribution is -2.23. The summed E-state index contributed by atoms with van der Waals surface area (Å²) in [5.41, 5.74) is 2.62. The third kappa shape index (κ3) is 2.84. The maximum Gasteiger partial charge on any atom is 0.271 e. The van der Waals surface area contributed by atoms with Gasteiger partial charge in [0.05, 0.1) is 12.6 Å². The molecule has 0 aliphatic carbocycles. The smallest absolute Gasteiger partial charge is 0.271 e. The number of aromatic nitrogens is 1. The number of hydrogen-bond acceptors (Lipinski definition) is 4. The molecule has 1 amide bonds. The summed E-state index contributed by atoms with van der Waals surface area (Å²) in [7, 11) is 1.40. The molecule has 0 unspecified atom stereocenters. The van der Waals surface area contributed by atoms with Crippen LogP contribution in [-0.2, 0) is 6.54 Å². The van der Waals surface area contributed by atoms with Crippen molar-refractivity contribution in [3.63, 3.8) is 0 Å². The summed E-state index contributed by atoms with van der Waals surface area (Å²) in [6.45, 7) is 0.247. The summed E-state index contributed by atoms with van der Waals surface area (Å²) in [5, 5.41) is 4.32. The summed E-state index contributed by atoms with van der Waals surface area (Å²) < 4.78 is 18.2. The molecule has 0 saturated heterocycles. The number of ether oxygens (including phenoxy) is 1. The van der Waals surface area contributed by atoms with Crippen molar-refractivity contribution in [3.05, 3.63) is 46.2 Å². The van der Waals surface area contributed by atoms with Crippen molar-refractivity contribution in [1.29, 1.82) is 0 Å². The van der Waals surface area contributed by atoms with E-state index in [1.807, 2.05) is 0 Å². The third-order valence-electron chi connectivity index (χ3n) is 2.33. The van der Waals surface area contributed by atoms with Gasteiger partial charge in [-0.15, -0.1) is 11.3 Å². The first-order valence-electron chi connectivity index (χ1n) is 5.19. The van der Waals surface area contributed by atoms with E-state index >= 15 is 0 Å². The van der Waals surface area contributed by atoms with Gasteiger partial charge in [0, 0.05) is 11.9 Å². The molecule has 94 valence electrons. The molecule has 1 aromatic carbocycles. The molecule has 1 heterocycles. The van der Waals surface area contributed by atoms with Crippen LogP contribution in [-0.4, -0.2) is 18.0 Å². The van der Waals surface area contributed by atoms with Crippen LogP contribution in [0.1, 0.15) is 16.1 Å². The highest BCUT2D eigenvalue weighted by atomic mass is 32.1. The standard InChI is InChI=1S/C12H11FN2O2S/c1-17-11-3-2-8(4-9(11)13)5-14-12(16)10-6-18-7-15-10/h2-4,6-7H,5H2,1H3,(H,14,16). The molecule has 4 nitrogen and oxygen atoms in total. The van der Waals surface area contributed by atoms with Crippen LogP contribution < -0.4 is 10.1 Å². The Morgan fingerprint density at radius 2 is 2.39 bits per heavy atom. The Labute approximate surface area is 107 Å². The number of hydrogen-bond donors (Lipinski definition) is 1. The van der Waals surface area contributed by atoms with E-state index in [-0.39, 0.29) is 18.2 Å². The van der Waals surface area contributed by atoms with Crippen molar-refractivity contribution < 1.29 is 13.9 Å². The fourth-order valence-electron chi connectivity index (χ4n) is 1.42. The van der Waals surface area contributed by atoms with Gasteiger partial charge in [-0.05, 0) is 17.7 Å². The fourth-order valence-corrected chi connectivity index (χ4v) is 1.95. The molecule has 1 N–H and O–H groups in total. The molecule has 1 aromatic heterocycles. The normalized spacial score (nSPS) is 10.1. The van der Waals surface area contributed by atoms with Crippen molar-refractivity contribution in [2.24, 2.45) is 0 Å². The van der Waals surface area contributed by atoms with E-state index in [0.29, 0.717) is 11.3 Å². The summed E-state index contributed by atoms with van der Waals surface area (Å²) in [5.74, 6) is -0.532. The van der Waals surface area contributed by atoms with Gasteiger partial charge in [-0.1, -0.05) is 6.07 Å². The van der Waals surface area contributed by atoms with E-state index in [1.165, 1.54) is 30.6 Å². The molecule has 0 fully saturated rings. The van der Waals surface area contributed by atoms with Crippen LogP contribution in [0.3, 0.4) is 0 Å². The van der Waals surface area contributed by atoms with Gasteiger partial charge in [0.15, 0.2) is 11.6 Å². The lowest BCUT2D eigenvalue weighted by molar-refractivity contribution is 0.0946. The average Bonchev–Trinajstić information content (AvgIpc) is 2.90. The van der Waals surface area contributed by atoms with Crippen LogP contribution >= 0.6 is 11.3 Å². The van der Waals surface area contributed by atoms with Crippen LogP contribution in [0, 0.1) is 5.82 Å². The maximum atomic E-state index is 13.4. The van der Waals surface area contributed by atoms with Gasteiger partial charge in [0.2, 0.25) is 0 Å². The first-order chi connectivity index (χ1) is 8.70. The number of halogens is 1. The first-order valence-corrected chi connectivity index (χ1v) is 6.14. The molecular formula is C12H11FN2O2S. The Morgan fingerprint density at radius 1 is 1.56 bits per heavy atom. The second kappa shape index (κ2) is 5.59. The summed E-state index contributed by atoms with van der Waals surface area (Å²) >= 11 is 1.35. The molecule has 0 atom stereocenters. The first kappa shape index (κ1) is 12.5. The van der Waals surface area contributed by atoms with Gasteiger partial charge in [-0.25, -0.2) is 9.37 Å². The Hall–Kier alpha value is -1.95. The highest BCUT2D eigenvalue weighted by Gasteiger charge is 2.08. The average molecular weight is 266 g/mol. The van der Waals surface area contributed by atoms with Gasteiger partial charge < -0.3 is 10.1 Å². The minimum absolute atomic E-state index is 0.185. The van der Waals surface area contributed by atoms with Crippen LogP contribution in [0.15, 0.2) is 29.1 Å². The van der Waals surface area contributed by atoms with E-state index < -0.39 is 5.82 Å². The summed E-state index contributed by atoms with van der Waals surface area (Å²) in [4.78, 5) is 15.5. The van der Waals surface area contributed by atoms with Crippen molar-refractivity contribution in [1.82, 2.24) is 10.3 Å². The van der Waals surface area contributed by atoms with E-state index in [2.05, 4.69) is 10.3 Å². The number of nitrogens with zero attached hydrogens (tertiary/aromatic N) is 1. The summed E-state index contributed by atoms with van der Waals surface area (Å²) in [6, 6.07) is 4.56. The minimum atomic E-state index is -0.446. The SMILES string of the molecule is COc1ccc(CNC(=O)c2cscn2)cc1F. The Kier molecular flexibility index (Phi) is 3.88. The van der Waals surface area contributed by atoms with Gasteiger partial charge in [-0.2, -0.15) is 0 Å². The number of rotatable bonds is 4. The predicted octanol–water partition coefficient (Wildman–Crippen LogP) is 2.22. The van der Waals surface area contributed by atoms with Gasteiger partial charge in [-0.3, -0.25) is 4.79 Å². The van der Waals surface area contributed by atoms with Crippen LogP contribution in [0.5, 0.6) is 5.75 Å². The molecule has 18 heavy (non-hydrogen) atoms. The van der Waals surface area contributed by atoms with Crippen LogP contribution in [0.2, 0.25) is 0 Å². The molecule has 2 aromatic rings. The largest absolute Gasteiger partial charge is 0.494 e. The van der Waals surface area contributed by atoms with E-state index in [4.69, 9.17) is 4.74 Å². The zero-order chi connectivity index (χ0) is 13.0. The highest BCUT2D eigenvalue weighted by Crippen LogP contribution is 2.17. The zero-order valence-corrected chi connectivity index (χ0v) is 10.5. The van der Waals surface area contributed by atoms with E-state index in [9.17, 15) is 9.18 Å². The molecule has 0 spiro atoms. The lowest BCUT2D eigenvalue weighted by Gasteiger charge is -2.06. The number of carbonyl (C=O) groups is 1. The zero-order valence-electron chi connectivity index (χ0n) is 9.64. The lowest BCUT2D eigenvalue weighted by atomic mass is 10.2. The van der Waals surface area contributed by atoms with E-state index in [0.717, 1.165) is 0 Å². The molecule has 0 radical (unpaired) electrons. The predicted molar refractivity (Wildman–Crippen MR) is 66.2 cm³/mol. The van der Waals surface area contributed by atoms with Crippen LogP contribution in [0.4, 0.5) is 4.39 Å². The number of benzene rings is 1. The quantitative estimate of drug-likeness (QED) is 0.923. The van der Waals surface area contributed by atoms with E-state index in [1.54, 1.807) is 17.0 Å². The second-order valence-corrected chi connectivity index (χ2v) is 4.24. The Bertz CT molecular complexity index is 543. The molecule has 0 bridgehead atoms. The van der Waals surface area contributed by atoms with Crippen molar-refractivity contribution in [3.8, 4) is 5.75 Å². The maximum absolute atomic E-state index is 13.4. The number of amides is 1. The number of thiazole rings is 1. The second-order valence-electron chi connectivity index (χ2n) is 3.53. The van der Waals surface area contributed by atoms with Gasteiger partial charge >= 0.3 is 0 Å². The monoisotopic (exact) mass is 266 g/mol. The van der Waals surface area contributed by atoms with Gasteiger partial charge in [0.1, 0.15) is 5.69 Å². The highest BCUT2D eigenvalue weighted by molar-refractivity contribution is 7.07. The Morgan fingerprint density at radius 3 is 3.00 bits per heavy atom. The summed E-state index contributed by atoms with van der Waals surface area (Å²) in [6.07, 6.45) is 0. The minimum Gasteiger partial charge on any atom is -0.494 e. The topological polar surface area (TPSA) is 51.2 Å². The fraction of sp³-hybridized carbons (Fsp3) is 0.167. The van der Waals surface area contributed by atoms with Crippen molar-refractivity contribution in [2.75, 3.05) is 7.11 Å². The van der Waals surface area contributed by atoms with Crippen molar-refractivity contribution >= 4 is 17.2 Å². The molecule has 2 rings (SSSR count). The van der Waals surface area contributed by atoms with Gasteiger partial charge in [0.25, 0.3) is 5.91 Å².